The number of anilines is 1. The van der Waals surface area contributed by atoms with Gasteiger partial charge >= 0.3 is 5.97 Å². The van der Waals surface area contributed by atoms with Gasteiger partial charge in [-0.25, -0.2) is 4.79 Å². The van der Waals surface area contributed by atoms with Gasteiger partial charge in [0.2, 0.25) is 0 Å². The van der Waals surface area contributed by atoms with E-state index in [1.807, 2.05) is 6.92 Å². The molecule has 0 radical (unpaired) electrons. The van der Waals surface area contributed by atoms with Gasteiger partial charge in [-0.1, -0.05) is 6.07 Å². The summed E-state index contributed by atoms with van der Waals surface area (Å²) in [7, 11) is 0. The number of aromatic nitrogens is 2. The molecule has 1 amide bonds. The van der Waals surface area contributed by atoms with E-state index in [0.29, 0.717) is 18.0 Å². The van der Waals surface area contributed by atoms with Gasteiger partial charge in [-0.15, -0.1) is 11.3 Å². The molecule has 184 valence electrons. The lowest BCUT2D eigenvalue weighted by Gasteiger charge is -2.11. The first-order valence-electron chi connectivity index (χ1n) is 10.8. The number of nitrogens with one attached hydrogen (secondary N) is 1. The van der Waals surface area contributed by atoms with Crippen LogP contribution in [0.1, 0.15) is 34.7 Å². The highest BCUT2D eigenvalue weighted by molar-refractivity contribution is 7.16. The third kappa shape index (κ3) is 4.79. The zero-order chi connectivity index (χ0) is 25.8. The van der Waals surface area contributed by atoms with Crippen molar-refractivity contribution in [3.05, 3.63) is 85.6 Å². The van der Waals surface area contributed by atoms with Gasteiger partial charge in [0.05, 0.1) is 29.2 Å². The number of hydrogen-bond donors (Lipinski definition) is 1. The van der Waals surface area contributed by atoms with Crippen molar-refractivity contribution in [3.63, 3.8) is 0 Å². The highest BCUT2D eigenvalue weighted by Crippen LogP contribution is 2.31. The van der Waals surface area contributed by atoms with Gasteiger partial charge in [-0.2, -0.15) is 9.78 Å². The Labute approximate surface area is 208 Å². The van der Waals surface area contributed by atoms with E-state index in [1.54, 1.807) is 31.2 Å². The number of non-ortho nitro benzene ring substituents is 1. The second kappa shape index (κ2) is 10.4. The number of nitro groups is 1. The number of ether oxygens (including phenoxy) is 2. The molecule has 0 spiro atoms. The summed E-state index contributed by atoms with van der Waals surface area (Å²) in [6.45, 7) is 4.07. The number of nitrogens with zero attached hydrogens (tertiary/aromatic N) is 3. The van der Waals surface area contributed by atoms with E-state index < -0.39 is 22.4 Å². The third-order valence-corrected chi connectivity index (χ3v) is 5.96. The average molecular weight is 509 g/mol. The molecule has 0 aliphatic rings. The highest BCUT2D eigenvalue weighted by atomic mass is 32.1. The molecule has 0 atom stereocenters. The van der Waals surface area contributed by atoms with Crippen LogP contribution in [0.3, 0.4) is 0 Å². The molecule has 36 heavy (non-hydrogen) atoms. The van der Waals surface area contributed by atoms with Crippen LogP contribution in [-0.2, 0) is 4.74 Å². The maximum atomic E-state index is 13.5. The Hall–Kier alpha value is -4.58. The van der Waals surface area contributed by atoms with Gasteiger partial charge < -0.3 is 14.8 Å². The fraction of sp³-hybridized carbons (Fsp3) is 0.167. The molecule has 2 aromatic carbocycles. The van der Waals surface area contributed by atoms with Crippen LogP contribution in [0, 0.1) is 10.1 Å². The summed E-state index contributed by atoms with van der Waals surface area (Å²) >= 11 is 1.03. The monoisotopic (exact) mass is 508 g/mol. The SMILES string of the molecule is CCOC(=O)c1nn(-c2ccc(OCC)cc2)c(=O)c2c(NC(=O)c3cccc([N+](=O)[O-])c3)scc12. The molecule has 4 rings (SSSR count). The molecule has 2 heterocycles. The molecular weight excluding hydrogens is 488 g/mol. The minimum Gasteiger partial charge on any atom is -0.494 e. The first-order chi connectivity index (χ1) is 17.3. The minimum absolute atomic E-state index is 0.0391. The quantitative estimate of drug-likeness (QED) is 0.212. The van der Waals surface area contributed by atoms with E-state index >= 15 is 0 Å². The predicted molar refractivity (Wildman–Crippen MR) is 133 cm³/mol. The number of fused-ring (bicyclic) bond motifs is 1. The maximum absolute atomic E-state index is 13.5. The fourth-order valence-corrected chi connectivity index (χ4v) is 4.39. The Morgan fingerprint density at radius 3 is 2.56 bits per heavy atom. The van der Waals surface area contributed by atoms with Gasteiger partial charge in [-0.05, 0) is 44.2 Å². The lowest BCUT2D eigenvalue weighted by atomic mass is 10.2. The average Bonchev–Trinajstić information content (AvgIpc) is 3.29. The Balaban J connectivity index is 1.83. The number of carbonyl (C=O) groups is 2. The van der Waals surface area contributed by atoms with E-state index in [4.69, 9.17) is 9.47 Å². The smallest absolute Gasteiger partial charge is 0.359 e. The van der Waals surface area contributed by atoms with Gasteiger partial charge in [0, 0.05) is 28.5 Å². The number of nitro benzene ring substituents is 1. The summed E-state index contributed by atoms with van der Waals surface area (Å²) in [5.74, 6) is -0.776. The van der Waals surface area contributed by atoms with Crippen LogP contribution < -0.4 is 15.6 Å². The molecule has 0 saturated carbocycles. The van der Waals surface area contributed by atoms with E-state index in [9.17, 15) is 24.5 Å². The summed E-state index contributed by atoms with van der Waals surface area (Å²) in [5.41, 5.74) is -0.495. The van der Waals surface area contributed by atoms with Crippen LogP contribution in [0.4, 0.5) is 10.7 Å². The highest BCUT2D eigenvalue weighted by Gasteiger charge is 2.24. The molecule has 1 N–H and O–H groups in total. The standard InChI is InChI=1S/C24H20N4O7S/c1-3-34-17-10-8-15(9-11-17)27-23(30)19-18(20(26-27)24(31)35-4-2)13-36-22(19)25-21(29)14-6-5-7-16(12-14)28(32)33/h5-13H,3-4H2,1-2H3,(H,25,29). The second-order valence-corrected chi connectivity index (χ2v) is 8.21. The first kappa shape index (κ1) is 24.5. The van der Waals surface area contributed by atoms with Crippen molar-refractivity contribution in [2.45, 2.75) is 13.8 Å². The molecular formula is C24H20N4O7S. The van der Waals surface area contributed by atoms with Crippen molar-refractivity contribution in [2.75, 3.05) is 18.5 Å². The zero-order valence-electron chi connectivity index (χ0n) is 19.2. The number of esters is 1. The van der Waals surface area contributed by atoms with Crippen molar-refractivity contribution in [1.82, 2.24) is 9.78 Å². The summed E-state index contributed by atoms with van der Waals surface area (Å²) in [4.78, 5) is 49.5. The molecule has 0 aliphatic carbocycles. The van der Waals surface area contributed by atoms with Gasteiger partial charge in [0.15, 0.2) is 5.69 Å². The summed E-state index contributed by atoms with van der Waals surface area (Å²) < 4.78 is 11.6. The third-order valence-electron chi connectivity index (χ3n) is 5.06. The number of amides is 1. The second-order valence-electron chi connectivity index (χ2n) is 7.33. The first-order valence-corrected chi connectivity index (χ1v) is 11.7. The van der Waals surface area contributed by atoms with Gasteiger partial charge in [0.1, 0.15) is 10.8 Å². The van der Waals surface area contributed by atoms with Gasteiger partial charge in [-0.3, -0.25) is 19.7 Å². The molecule has 2 aromatic heterocycles. The molecule has 12 heteroatoms. The summed E-state index contributed by atoms with van der Waals surface area (Å²) in [5, 5.41) is 19.9. The zero-order valence-corrected chi connectivity index (χ0v) is 20.0. The van der Waals surface area contributed by atoms with E-state index in [1.165, 1.54) is 23.6 Å². The molecule has 0 bridgehead atoms. The lowest BCUT2D eigenvalue weighted by Crippen LogP contribution is -2.25. The Kier molecular flexibility index (Phi) is 7.06. The van der Waals surface area contributed by atoms with E-state index in [2.05, 4.69) is 10.4 Å². The van der Waals surface area contributed by atoms with Crippen molar-refractivity contribution in [3.8, 4) is 11.4 Å². The number of rotatable bonds is 8. The summed E-state index contributed by atoms with van der Waals surface area (Å²) in [6.07, 6.45) is 0. The van der Waals surface area contributed by atoms with E-state index in [-0.39, 0.29) is 39.3 Å². The van der Waals surface area contributed by atoms with Crippen LogP contribution in [-0.4, -0.2) is 39.8 Å². The van der Waals surface area contributed by atoms with Crippen LogP contribution in [0.2, 0.25) is 0 Å². The van der Waals surface area contributed by atoms with Crippen molar-refractivity contribution >= 4 is 44.7 Å². The number of thiophene rings is 1. The van der Waals surface area contributed by atoms with Crippen LogP contribution >= 0.6 is 11.3 Å². The Bertz CT molecular complexity index is 1530. The molecule has 0 aliphatic heterocycles. The summed E-state index contributed by atoms with van der Waals surface area (Å²) in [6, 6.07) is 11.8. The fourth-order valence-electron chi connectivity index (χ4n) is 3.45. The van der Waals surface area contributed by atoms with Crippen LogP contribution in [0.15, 0.2) is 58.7 Å². The lowest BCUT2D eigenvalue weighted by molar-refractivity contribution is -0.384. The molecule has 0 unspecified atom stereocenters. The topological polar surface area (TPSA) is 143 Å². The van der Waals surface area contributed by atoms with Crippen molar-refractivity contribution in [1.29, 1.82) is 0 Å². The molecule has 0 saturated heterocycles. The number of hydrogen-bond acceptors (Lipinski definition) is 9. The predicted octanol–water partition coefficient (Wildman–Crippen LogP) is 4.18. The van der Waals surface area contributed by atoms with Crippen molar-refractivity contribution < 1.29 is 24.0 Å². The van der Waals surface area contributed by atoms with Crippen molar-refractivity contribution in [2.24, 2.45) is 0 Å². The van der Waals surface area contributed by atoms with E-state index in [0.717, 1.165) is 22.1 Å². The van der Waals surface area contributed by atoms with Crippen LogP contribution in [0.25, 0.3) is 16.5 Å². The normalized spacial score (nSPS) is 10.7. The minimum atomic E-state index is -0.725. The largest absolute Gasteiger partial charge is 0.494 e. The maximum Gasteiger partial charge on any atom is 0.359 e. The molecule has 4 aromatic rings. The van der Waals surface area contributed by atoms with Crippen LogP contribution in [0.5, 0.6) is 5.75 Å². The molecule has 0 fully saturated rings. The Morgan fingerprint density at radius 2 is 1.89 bits per heavy atom. The number of benzene rings is 2. The number of carbonyl (C=O) groups excluding carboxylic acids is 2. The van der Waals surface area contributed by atoms with Gasteiger partial charge in [0.25, 0.3) is 17.2 Å². The molecule has 11 nitrogen and oxygen atoms in total. The Morgan fingerprint density at radius 1 is 1.14 bits per heavy atom.